The molecule has 3 rings (SSSR count). The second-order valence-corrected chi connectivity index (χ2v) is 5.42. The van der Waals surface area contributed by atoms with Gasteiger partial charge in [0.15, 0.2) is 0 Å². The number of nitrogens with one attached hydrogen (secondary N) is 1. The molecule has 1 saturated carbocycles. The molecule has 5 heteroatoms. The van der Waals surface area contributed by atoms with Gasteiger partial charge in [0.25, 0.3) is 0 Å². The van der Waals surface area contributed by atoms with Crippen molar-refractivity contribution in [1.82, 2.24) is 15.4 Å². The highest BCUT2D eigenvalue weighted by Crippen LogP contribution is 2.46. The Bertz CT molecular complexity index is 393. The van der Waals surface area contributed by atoms with E-state index in [1.165, 1.54) is 19.3 Å². The fraction of sp³-hybridized carbons (Fsp3) is 0.692. The molecule has 0 amide bonds. The Morgan fingerprint density at radius 2 is 2.39 bits per heavy atom. The van der Waals surface area contributed by atoms with Crippen molar-refractivity contribution >= 4 is 0 Å². The van der Waals surface area contributed by atoms with Crippen LogP contribution in [0.4, 0.5) is 0 Å². The third-order valence-electron chi connectivity index (χ3n) is 4.37. The molecule has 0 bridgehead atoms. The maximum Gasteiger partial charge on any atom is 0.115 e. The predicted octanol–water partition coefficient (Wildman–Crippen LogP) is 1.33. The molecule has 3 N–H and O–H groups in total. The summed E-state index contributed by atoms with van der Waals surface area (Å²) in [5, 5.41) is 0. The Hall–Kier alpha value is -1.04. The Morgan fingerprint density at radius 1 is 1.50 bits per heavy atom. The fourth-order valence-electron chi connectivity index (χ4n) is 3.22. The van der Waals surface area contributed by atoms with Crippen molar-refractivity contribution in [3.8, 4) is 0 Å². The van der Waals surface area contributed by atoms with E-state index >= 15 is 0 Å². The summed E-state index contributed by atoms with van der Waals surface area (Å²) in [4.78, 5) is 8.28. The number of hydrogen-bond acceptors (Lipinski definition) is 5. The van der Waals surface area contributed by atoms with E-state index in [4.69, 9.17) is 10.6 Å². The molecule has 2 atom stereocenters. The Labute approximate surface area is 107 Å². The number of aromatic nitrogens is 2. The lowest BCUT2D eigenvalue weighted by atomic mass is 9.70. The molecule has 0 aromatic carbocycles. The third-order valence-corrected chi connectivity index (χ3v) is 4.37. The SMILES string of the molecule is NNC(c1ccncn1)C1CCOC2(CCC2)C1. The van der Waals surface area contributed by atoms with Gasteiger partial charge in [-0.1, -0.05) is 0 Å². The van der Waals surface area contributed by atoms with Crippen LogP contribution in [0, 0.1) is 5.92 Å². The van der Waals surface area contributed by atoms with Gasteiger partial charge in [-0.3, -0.25) is 11.3 Å². The normalized spacial score (nSPS) is 27.7. The smallest absolute Gasteiger partial charge is 0.115 e. The molecule has 2 heterocycles. The van der Waals surface area contributed by atoms with Crippen LogP contribution in [0.1, 0.15) is 43.8 Å². The lowest BCUT2D eigenvalue weighted by Crippen LogP contribution is -2.48. The van der Waals surface area contributed by atoms with E-state index in [0.717, 1.165) is 25.1 Å². The average Bonchev–Trinajstić information content (AvgIpc) is 2.39. The summed E-state index contributed by atoms with van der Waals surface area (Å²) >= 11 is 0. The van der Waals surface area contributed by atoms with Crippen molar-refractivity contribution < 1.29 is 4.74 Å². The van der Waals surface area contributed by atoms with Crippen molar-refractivity contribution in [3.05, 3.63) is 24.3 Å². The second-order valence-electron chi connectivity index (χ2n) is 5.42. The van der Waals surface area contributed by atoms with E-state index < -0.39 is 0 Å². The molecule has 5 nitrogen and oxygen atoms in total. The summed E-state index contributed by atoms with van der Waals surface area (Å²) < 4.78 is 5.96. The minimum atomic E-state index is 0.106. The molecule has 2 fully saturated rings. The first-order chi connectivity index (χ1) is 8.83. The number of nitrogens with zero attached hydrogens (tertiary/aromatic N) is 2. The predicted molar refractivity (Wildman–Crippen MR) is 67.4 cm³/mol. The molecule has 2 aliphatic rings. The van der Waals surface area contributed by atoms with E-state index in [2.05, 4.69) is 15.4 Å². The zero-order valence-corrected chi connectivity index (χ0v) is 10.5. The topological polar surface area (TPSA) is 73.1 Å². The number of hydrogen-bond donors (Lipinski definition) is 2. The number of nitrogens with two attached hydrogens (primary N) is 1. The number of ether oxygens (including phenoxy) is 1. The lowest BCUT2D eigenvalue weighted by molar-refractivity contribution is -0.147. The average molecular weight is 248 g/mol. The molecule has 1 aliphatic carbocycles. The maximum absolute atomic E-state index is 5.96. The Balaban J connectivity index is 1.75. The summed E-state index contributed by atoms with van der Waals surface area (Å²) in [6, 6.07) is 2.04. The molecule has 1 aromatic rings. The zero-order valence-electron chi connectivity index (χ0n) is 10.5. The van der Waals surface area contributed by atoms with Gasteiger partial charge in [0.2, 0.25) is 0 Å². The monoisotopic (exact) mass is 248 g/mol. The van der Waals surface area contributed by atoms with Gasteiger partial charge >= 0.3 is 0 Å². The second kappa shape index (κ2) is 4.91. The number of rotatable bonds is 3. The van der Waals surface area contributed by atoms with Crippen molar-refractivity contribution in [2.24, 2.45) is 11.8 Å². The summed E-state index contributed by atoms with van der Waals surface area (Å²) in [5.74, 6) is 6.23. The quantitative estimate of drug-likeness (QED) is 0.623. The van der Waals surface area contributed by atoms with Gasteiger partial charge in [0.1, 0.15) is 6.33 Å². The fourth-order valence-corrected chi connectivity index (χ4v) is 3.22. The van der Waals surface area contributed by atoms with Crippen molar-refractivity contribution in [2.75, 3.05) is 6.61 Å². The van der Waals surface area contributed by atoms with Crippen LogP contribution in [0.25, 0.3) is 0 Å². The van der Waals surface area contributed by atoms with Crippen LogP contribution < -0.4 is 11.3 Å². The molecule has 2 unspecified atom stereocenters. The van der Waals surface area contributed by atoms with Gasteiger partial charge in [0, 0.05) is 12.8 Å². The van der Waals surface area contributed by atoms with Crippen LogP contribution in [0.5, 0.6) is 0 Å². The van der Waals surface area contributed by atoms with Gasteiger partial charge in [-0.15, -0.1) is 0 Å². The van der Waals surface area contributed by atoms with Crippen molar-refractivity contribution in [3.63, 3.8) is 0 Å². The van der Waals surface area contributed by atoms with Gasteiger partial charge < -0.3 is 4.74 Å². The van der Waals surface area contributed by atoms with Gasteiger partial charge in [-0.2, -0.15) is 0 Å². The molecular formula is C13H20N4O. The molecule has 98 valence electrons. The Morgan fingerprint density at radius 3 is 3.00 bits per heavy atom. The van der Waals surface area contributed by atoms with Crippen LogP contribution in [0.15, 0.2) is 18.6 Å². The van der Waals surface area contributed by atoms with Gasteiger partial charge in [0.05, 0.1) is 17.3 Å². The minimum absolute atomic E-state index is 0.106. The highest BCUT2D eigenvalue weighted by molar-refractivity contribution is 5.08. The van der Waals surface area contributed by atoms with E-state index in [9.17, 15) is 0 Å². The minimum Gasteiger partial charge on any atom is -0.375 e. The highest BCUT2D eigenvalue weighted by atomic mass is 16.5. The highest BCUT2D eigenvalue weighted by Gasteiger charge is 2.44. The van der Waals surface area contributed by atoms with Crippen LogP contribution in [-0.4, -0.2) is 22.2 Å². The number of hydrazine groups is 1. The van der Waals surface area contributed by atoms with Crippen molar-refractivity contribution in [1.29, 1.82) is 0 Å². The molecule has 18 heavy (non-hydrogen) atoms. The van der Waals surface area contributed by atoms with E-state index in [0.29, 0.717) is 5.92 Å². The summed E-state index contributed by atoms with van der Waals surface area (Å²) in [6.07, 6.45) is 9.17. The van der Waals surface area contributed by atoms with Crippen LogP contribution in [0.3, 0.4) is 0 Å². The molecule has 1 aliphatic heterocycles. The van der Waals surface area contributed by atoms with Gasteiger partial charge in [-0.05, 0) is 44.1 Å². The zero-order chi connectivity index (χ0) is 12.4. The summed E-state index contributed by atoms with van der Waals surface area (Å²) in [6.45, 7) is 0.841. The van der Waals surface area contributed by atoms with E-state index in [1.54, 1.807) is 12.5 Å². The first kappa shape index (κ1) is 12.0. The standard InChI is InChI=1S/C13H20N4O/c14-17-12(11-2-6-15-9-16-11)10-3-7-18-13(8-10)4-1-5-13/h2,6,9-10,12,17H,1,3-5,7-8,14H2. The summed E-state index contributed by atoms with van der Waals surface area (Å²) in [7, 11) is 0. The van der Waals surface area contributed by atoms with E-state index in [1.807, 2.05) is 6.07 Å². The van der Waals surface area contributed by atoms with Crippen molar-refractivity contribution in [2.45, 2.75) is 43.7 Å². The van der Waals surface area contributed by atoms with E-state index in [-0.39, 0.29) is 11.6 Å². The molecule has 1 spiro atoms. The summed E-state index contributed by atoms with van der Waals surface area (Å²) in [5.41, 5.74) is 4.05. The van der Waals surface area contributed by atoms with Crippen LogP contribution in [-0.2, 0) is 4.74 Å². The molecular weight excluding hydrogens is 228 g/mol. The maximum atomic E-state index is 5.96. The third kappa shape index (κ3) is 2.13. The van der Waals surface area contributed by atoms with Crippen LogP contribution in [0.2, 0.25) is 0 Å². The van der Waals surface area contributed by atoms with Gasteiger partial charge in [-0.25, -0.2) is 9.97 Å². The first-order valence-electron chi connectivity index (χ1n) is 6.69. The molecule has 1 aromatic heterocycles. The van der Waals surface area contributed by atoms with Crippen LogP contribution >= 0.6 is 0 Å². The lowest BCUT2D eigenvalue weighted by Gasteiger charge is -2.48. The Kier molecular flexibility index (Phi) is 3.28. The molecule has 0 radical (unpaired) electrons. The molecule has 1 saturated heterocycles. The first-order valence-corrected chi connectivity index (χ1v) is 6.69. The largest absolute Gasteiger partial charge is 0.375 e.